The van der Waals surface area contributed by atoms with Gasteiger partial charge in [0.2, 0.25) is 0 Å². The Hall–Kier alpha value is -0.990. The Morgan fingerprint density at radius 1 is 1.27 bits per heavy atom. The van der Waals surface area contributed by atoms with Crippen LogP contribution in [0.5, 0.6) is 0 Å². The molecule has 2 aromatic rings. The monoisotopic (exact) mass is 509 g/mol. The van der Waals surface area contributed by atoms with Crippen molar-refractivity contribution < 1.29 is 0 Å². The van der Waals surface area contributed by atoms with Gasteiger partial charge in [0, 0.05) is 28.8 Å². The zero-order chi connectivity index (χ0) is 18.6. The summed E-state index contributed by atoms with van der Waals surface area (Å²) in [5.41, 5.74) is 9.13. The molecular formula is C18H26Cl2IN5. The van der Waals surface area contributed by atoms with Gasteiger partial charge in [0.1, 0.15) is 0 Å². The third-order valence-corrected chi connectivity index (χ3v) is 4.52. The van der Waals surface area contributed by atoms with E-state index in [0.29, 0.717) is 28.5 Å². The van der Waals surface area contributed by atoms with Gasteiger partial charge in [0.25, 0.3) is 0 Å². The average molecular weight is 510 g/mol. The maximum Gasteiger partial charge on any atom is 0.189 e. The average Bonchev–Trinajstić information content (AvgIpc) is 2.82. The zero-order valence-electron chi connectivity index (χ0n) is 15.5. The molecule has 0 bridgehead atoms. The molecule has 0 amide bonds. The first-order valence-corrected chi connectivity index (χ1v) is 9.04. The number of nitrogens with one attached hydrogen (secondary N) is 1. The zero-order valence-corrected chi connectivity index (χ0v) is 19.3. The first-order valence-electron chi connectivity index (χ1n) is 8.28. The van der Waals surface area contributed by atoms with E-state index in [1.807, 2.05) is 30.7 Å². The third-order valence-electron chi connectivity index (χ3n) is 3.95. The SMILES string of the molecule is Cc1cc(C)n(CC(C)CN=C(N)NC(C)c2ccc(Cl)cc2Cl)n1.I. The van der Waals surface area contributed by atoms with Gasteiger partial charge >= 0.3 is 0 Å². The number of nitrogens with zero attached hydrogens (tertiary/aromatic N) is 3. The van der Waals surface area contributed by atoms with Crippen LogP contribution in [-0.2, 0) is 6.54 Å². The summed E-state index contributed by atoms with van der Waals surface area (Å²) >= 11 is 12.2. The standard InChI is InChI=1S/C18H25Cl2N5.HI/c1-11(10-25-13(3)7-12(2)24-25)9-22-18(21)23-14(4)16-6-5-15(19)8-17(16)20;/h5-8,11,14H,9-10H2,1-4H3,(H3,21,22,23);1H. The lowest BCUT2D eigenvalue weighted by Gasteiger charge is -2.17. The van der Waals surface area contributed by atoms with Gasteiger partial charge in [-0.3, -0.25) is 9.67 Å². The largest absolute Gasteiger partial charge is 0.370 e. The van der Waals surface area contributed by atoms with Crippen LogP contribution >= 0.6 is 47.2 Å². The molecule has 0 fully saturated rings. The van der Waals surface area contributed by atoms with Crippen molar-refractivity contribution in [1.82, 2.24) is 15.1 Å². The lowest BCUT2D eigenvalue weighted by molar-refractivity contribution is 0.450. The minimum Gasteiger partial charge on any atom is -0.370 e. The Bertz CT molecular complexity index is 760. The van der Waals surface area contributed by atoms with Crippen molar-refractivity contribution in [2.45, 2.75) is 40.3 Å². The predicted octanol–water partition coefficient (Wildman–Crippen LogP) is 4.73. The molecule has 0 radical (unpaired) electrons. The van der Waals surface area contributed by atoms with Crippen molar-refractivity contribution in [2.75, 3.05) is 6.54 Å². The Morgan fingerprint density at radius 3 is 2.54 bits per heavy atom. The molecule has 1 heterocycles. The van der Waals surface area contributed by atoms with E-state index in [0.717, 1.165) is 23.5 Å². The lowest BCUT2D eigenvalue weighted by atomic mass is 10.1. The summed E-state index contributed by atoms with van der Waals surface area (Å²) in [5, 5.41) is 8.87. The summed E-state index contributed by atoms with van der Waals surface area (Å²) in [4.78, 5) is 4.44. The molecule has 3 N–H and O–H groups in total. The maximum absolute atomic E-state index is 6.23. The predicted molar refractivity (Wildman–Crippen MR) is 121 cm³/mol. The highest BCUT2D eigenvalue weighted by Crippen LogP contribution is 2.25. The van der Waals surface area contributed by atoms with Gasteiger partial charge in [-0.25, -0.2) is 0 Å². The van der Waals surface area contributed by atoms with Crippen LogP contribution in [0.4, 0.5) is 0 Å². The van der Waals surface area contributed by atoms with Crippen LogP contribution in [0, 0.1) is 19.8 Å². The summed E-state index contributed by atoms with van der Waals surface area (Å²) in [7, 11) is 0. The molecule has 2 rings (SSSR count). The van der Waals surface area contributed by atoms with Crippen LogP contribution in [0.1, 0.15) is 36.8 Å². The number of hydrogen-bond acceptors (Lipinski definition) is 2. The Morgan fingerprint density at radius 2 is 1.96 bits per heavy atom. The number of hydrogen-bond donors (Lipinski definition) is 2. The van der Waals surface area contributed by atoms with E-state index < -0.39 is 0 Å². The molecule has 1 aromatic carbocycles. The molecule has 1 aromatic heterocycles. The lowest BCUT2D eigenvalue weighted by Crippen LogP contribution is -2.34. The molecule has 0 aliphatic heterocycles. The second-order valence-corrected chi connectivity index (χ2v) is 7.32. The van der Waals surface area contributed by atoms with E-state index in [4.69, 9.17) is 28.9 Å². The Kier molecular flexibility index (Phi) is 9.19. The van der Waals surface area contributed by atoms with E-state index >= 15 is 0 Å². The highest BCUT2D eigenvalue weighted by Gasteiger charge is 2.11. The van der Waals surface area contributed by atoms with E-state index in [9.17, 15) is 0 Å². The number of aryl methyl sites for hydroxylation is 2. The number of halogens is 3. The topological polar surface area (TPSA) is 68.2 Å². The van der Waals surface area contributed by atoms with Gasteiger partial charge in [0.15, 0.2) is 5.96 Å². The molecule has 0 saturated carbocycles. The van der Waals surface area contributed by atoms with Crippen molar-refractivity contribution in [3.05, 3.63) is 51.3 Å². The third kappa shape index (κ3) is 6.63. The first kappa shape index (κ1) is 23.0. The number of guanidine groups is 1. The number of rotatable bonds is 6. The summed E-state index contributed by atoms with van der Waals surface area (Å²) < 4.78 is 2.01. The van der Waals surface area contributed by atoms with Crippen LogP contribution in [0.15, 0.2) is 29.3 Å². The second-order valence-electron chi connectivity index (χ2n) is 6.47. The normalized spacial score (nSPS) is 13.8. The molecule has 0 aliphatic carbocycles. The highest BCUT2D eigenvalue weighted by atomic mass is 127. The Balaban J connectivity index is 0.00000338. The van der Waals surface area contributed by atoms with Crippen molar-refractivity contribution >= 4 is 53.1 Å². The molecule has 0 aliphatic rings. The fourth-order valence-electron chi connectivity index (χ4n) is 2.66. The summed E-state index contributed by atoms with van der Waals surface area (Å²) in [6, 6.07) is 7.44. The van der Waals surface area contributed by atoms with E-state index in [1.165, 1.54) is 0 Å². The number of aromatic nitrogens is 2. The molecule has 0 spiro atoms. The summed E-state index contributed by atoms with van der Waals surface area (Å²) in [6.07, 6.45) is 0. The van der Waals surface area contributed by atoms with Crippen molar-refractivity contribution in [3.8, 4) is 0 Å². The molecule has 5 nitrogen and oxygen atoms in total. The number of benzene rings is 1. The quantitative estimate of drug-likeness (QED) is 0.336. The fourth-order valence-corrected chi connectivity index (χ4v) is 3.24. The van der Waals surface area contributed by atoms with Crippen molar-refractivity contribution in [1.29, 1.82) is 0 Å². The van der Waals surface area contributed by atoms with Crippen LogP contribution < -0.4 is 11.1 Å². The summed E-state index contributed by atoms with van der Waals surface area (Å²) in [5.74, 6) is 0.728. The fraction of sp³-hybridized carbons (Fsp3) is 0.444. The van der Waals surface area contributed by atoms with E-state index in [1.54, 1.807) is 6.07 Å². The van der Waals surface area contributed by atoms with Crippen LogP contribution in [0.2, 0.25) is 10.0 Å². The molecule has 26 heavy (non-hydrogen) atoms. The summed E-state index contributed by atoms with van der Waals surface area (Å²) in [6.45, 7) is 9.61. The van der Waals surface area contributed by atoms with Crippen LogP contribution in [0.3, 0.4) is 0 Å². The van der Waals surface area contributed by atoms with E-state index in [2.05, 4.69) is 35.3 Å². The molecule has 2 unspecified atom stereocenters. The molecule has 0 saturated heterocycles. The number of aliphatic imine (C=N–C) groups is 1. The smallest absolute Gasteiger partial charge is 0.189 e. The maximum atomic E-state index is 6.23. The van der Waals surface area contributed by atoms with Gasteiger partial charge < -0.3 is 11.1 Å². The first-order chi connectivity index (χ1) is 11.8. The minimum absolute atomic E-state index is 0. The molecule has 144 valence electrons. The molecule has 2 atom stereocenters. The van der Waals surface area contributed by atoms with Gasteiger partial charge in [-0.15, -0.1) is 24.0 Å². The van der Waals surface area contributed by atoms with Crippen LogP contribution in [-0.4, -0.2) is 22.3 Å². The van der Waals surface area contributed by atoms with Gasteiger partial charge in [-0.1, -0.05) is 36.2 Å². The van der Waals surface area contributed by atoms with Crippen molar-refractivity contribution in [2.24, 2.45) is 16.6 Å². The van der Waals surface area contributed by atoms with Gasteiger partial charge in [-0.2, -0.15) is 5.10 Å². The minimum atomic E-state index is -0.0557. The second kappa shape index (κ2) is 10.4. The van der Waals surface area contributed by atoms with E-state index in [-0.39, 0.29) is 30.0 Å². The van der Waals surface area contributed by atoms with Gasteiger partial charge in [0.05, 0.1) is 11.7 Å². The Labute approximate surface area is 182 Å². The van der Waals surface area contributed by atoms with Crippen LogP contribution in [0.25, 0.3) is 0 Å². The molecular weight excluding hydrogens is 484 g/mol. The number of nitrogens with two attached hydrogens (primary N) is 1. The van der Waals surface area contributed by atoms with Gasteiger partial charge in [-0.05, 0) is 50.5 Å². The molecule has 8 heteroatoms. The highest BCUT2D eigenvalue weighted by molar-refractivity contribution is 14.0. The van der Waals surface area contributed by atoms with Crippen molar-refractivity contribution in [3.63, 3.8) is 0 Å².